The van der Waals surface area contributed by atoms with Crippen LogP contribution in [0.1, 0.15) is 10.4 Å². The molecule has 2 heterocycles. The summed E-state index contributed by atoms with van der Waals surface area (Å²) in [7, 11) is 0. The van der Waals surface area contributed by atoms with Gasteiger partial charge in [0.2, 0.25) is 0 Å². The third-order valence-electron chi connectivity index (χ3n) is 1.95. The zero-order valence-corrected chi connectivity index (χ0v) is 9.07. The second kappa shape index (κ2) is 4.86. The number of thiazole rings is 1. The molecule has 1 N–H and O–H groups in total. The van der Waals surface area contributed by atoms with Gasteiger partial charge in [-0.3, -0.25) is 4.98 Å². The molecule has 4 nitrogen and oxygen atoms in total. The summed E-state index contributed by atoms with van der Waals surface area (Å²) in [6.45, 7) is 5.30. The predicted octanol–water partition coefficient (Wildman–Crippen LogP) is 1.73. The van der Waals surface area contributed by atoms with Crippen molar-refractivity contribution in [2.24, 2.45) is 0 Å². The maximum absolute atomic E-state index is 4.10. The van der Waals surface area contributed by atoms with Crippen LogP contribution < -0.4 is 5.32 Å². The lowest BCUT2D eigenvalue weighted by atomic mass is 10.3. The second-order valence-corrected chi connectivity index (χ2v) is 4.05. The molecule has 0 radical (unpaired) electrons. The van der Waals surface area contributed by atoms with Gasteiger partial charge in [-0.05, 0) is 0 Å². The van der Waals surface area contributed by atoms with Crippen molar-refractivity contribution in [2.45, 2.75) is 13.1 Å². The van der Waals surface area contributed by atoms with Crippen LogP contribution in [0.4, 0.5) is 0 Å². The molecular weight excluding hydrogens is 208 g/mol. The van der Waals surface area contributed by atoms with Crippen LogP contribution in [0, 0.1) is 0 Å². The van der Waals surface area contributed by atoms with Crippen LogP contribution in [0.5, 0.6) is 0 Å². The molecule has 2 aromatic heterocycles. The number of hydrogen-bond acceptors (Lipinski definition) is 4. The van der Waals surface area contributed by atoms with Crippen molar-refractivity contribution in [3.8, 4) is 0 Å². The van der Waals surface area contributed by atoms with E-state index in [1.165, 1.54) is 4.88 Å². The van der Waals surface area contributed by atoms with Crippen LogP contribution in [0.2, 0.25) is 0 Å². The summed E-state index contributed by atoms with van der Waals surface area (Å²) in [5.41, 5.74) is 2.99. The summed E-state index contributed by atoms with van der Waals surface area (Å²) < 4.78 is 1.70. The van der Waals surface area contributed by atoms with Gasteiger partial charge in [-0.1, -0.05) is 6.58 Å². The second-order valence-electron chi connectivity index (χ2n) is 3.08. The van der Waals surface area contributed by atoms with Crippen molar-refractivity contribution in [1.29, 1.82) is 0 Å². The summed E-state index contributed by atoms with van der Waals surface area (Å²) in [5.74, 6) is 0. The normalized spacial score (nSPS) is 10.4. The smallest absolute Gasteiger partial charge is 0.0794 e. The van der Waals surface area contributed by atoms with Crippen molar-refractivity contribution in [3.63, 3.8) is 0 Å². The van der Waals surface area contributed by atoms with E-state index in [0.29, 0.717) is 0 Å². The fourth-order valence-corrected chi connectivity index (χ4v) is 1.79. The van der Waals surface area contributed by atoms with E-state index in [2.05, 4.69) is 22.0 Å². The fourth-order valence-electron chi connectivity index (χ4n) is 1.23. The van der Waals surface area contributed by atoms with E-state index in [-0.39, 0.29) is 0 Å². The molecule has 0 aromatic carbocycles. The van der Waals surface area contributed by atoms with Crippen LogP contribution in [0.15, 0.2) is 30.7 Å². The van der Waals surface area contributed by atoms with Gasteiger partial charge in [-0.15, -0.1) is 11.3 Å². The topological polar surface area (TPSA) is 42.7 Å². The van der Waals surface area contributed by atoms with Crippen molar-refractivity contribution in [2.75, 3.05) is 0 Å². The largest absolute Gasteiger partial charge is 0.308 e. The molecule has 0 aliphatic heterocycles. The Bertz CT molecular complexity index is 418. The highest BCUT2D eigenvalue weighted by Crippen LogP contribution is 2.05. The highest BCUT2D eigenvalue weighted by Gasteiger charge is 1.97. The minimum atomic E-state index is 0.811. The molecule has 5 heteroatoms. The van der Waals surface area contributed by atoms with Crippen LogP contribution in [0.25, 0.3) is 6.20 Å². The molecular formula is C10H12N4S. The molecule has 0 saturated heterocycles. The summed E-state index contributed by atoms with van der Waals surface area (Å²) in [6.07, 6.45) is 7.34. The summed E-state index contributed by atoms with van der Waals surface area (Å²) in [4.78, 5) is 5.26. The third kappa shape index (κ3) is 2.74. The first-order valence-corrected chi connectivity index (χ1v) is 5.50. The SMILES string of the molecule is C=Cn1cc(CNCc2cncs2)cn1. The maximum atomic E-state index is 4.10. The Kier molecular flexibility index (Phi) is 3.26. The van der Waals surface area contributed by atoms with Gasteiger partial charge in [0.05, 0.1) is 11.7 Å². The Morgan fingerprint density at radius 2 is 2.40 bits per heavy atom. The van der Waals surface area contributed by atoms with E-state index in [1.807, 2.05) is 24.1 Å². The fraction of sp³-hybridized carbons (Fsp3) is 0.200. The Morgan fingerprint density at radius 1 is 1.47 bits per heavy atom. The summed E-state index contributed by atoms with van der Waals surface area (Å²) in [5, 5.41) is 7.42. The molecule has 0 saturated carbocycles. The molecule has 0 atom stereocenters. The van der Waals surface area contributed by atoms with Crippen molar-refractivity contribution >= 4 is 17.5 Å². The number of nitrogens with one attached hydrogen (secondary N) is 1. The van der Waals surface area contributed by atoms with Gasteiger partial charge in [0.25, 0.3) is 0 Å². The van der Waals surface area contributed by atoms with Crippen LogP contribution in [-0.4, -0.2) is 14.8 Å². The first-order valence-electron chi connectivity index (χ1n) is 4.62. The van der Waals surface area contributed by atoms with E-state index < -0.39 is 0 Å². The highest BCUT2D eigenvalue weighted by molar-refractivity contribution is 7.09. The first-order chi connectivity index (χ1) is 7.38. The van der Waals surface area contributed by atoms with Crippen LogP contribution in [0.3, 0.4) is 0 Å². The molecule has 2 rings (SSSR count). The molecule has 0 aliphatic rings. The third-order valence-corrected chi connectivity index (χ3v) is 2.73. The lowest BCUT2D eigenvalue weighted by Crippen LogP contribution is -2.11. The number of nitrogens with zero attached hydrogens (tertiary/aromatic N) is 3. The number of hydrogen-bond donors (Lipinski definition) is 1. The molecule has 0 fully saturated rings. The van der Waals surface area contributed by atoms with E-state index in [1.54, 1.807) is 22.2 Å². The molecule has 78 valence electrons. The summed E-state index contributed by atoms with van der Waals surface area (Å²) in [6, 6.07) is 0. The van der Waals surface area contributed by atoms with E-state index in [9.17, 15) is 0 Å². The van der Waals surface area contributed by atoms with E-state index in [4.69, 9.17) is 0 Å². The van der Waals surface area contributed by atoms with Gasteiger partial charge in [0.15, 0.2) is 0 Å². The van der Waals surface area contributed by atoms with Gasteiger partial charge in [-0.25, -0.2) is 4.68 Å². The molecule has 0 amide bonds. The summed E-state index contributed by atoms with van der Waals surface area (Å²) >= 11 is 1.66. The molecule has 0 aliphatic carbocycles. The average Bonchev–Trinajstić information content (AvgIpc) is 2.88. The Balaban J connectivity index is 1.80. The van der Waals surface area contributed by atoms with Crippen molar-refractivity contribution < 1.29 is 0 Å². The molecule has 0 unspecified atom stereocenters. The quantitative estimate of drug-likeness (QED) is 0.834. The first kappa shape index (κ1) is 10.1. The Labute approximate surface area is 92.3 Å². The van der Waals surface area contributed by atoms with E-state index >= 15 is 0 Å². The predicted molar refractivity (Wildman–Crippen MR) is 61.3 cm³/mol. The Morgan fingerprint density at radius 3 is 3.07 bits per heavy atom. The lowest BCUT2D eigenvalue weighted by molar-refractivity contribution is 0.700. The van der Waals surface area contributed by atoms with E-state index in [0.717, 1.165) is 18.7 Å². The molecule has 0 spiro atoms. The monoisotopic (exact) mass is 220 g/mol. The van der Waals surface area contributed by atoms with Crippen molar-refractivity contribution in [3.05, 3.63) is 41.1 Å². The van der Waals surface area contributed by atoms with Gasteiger partial charge >= 0.3 is 0 Å². The number of rotatable bonds is 5. The van der Waals surface area contributed by atoms with Gasteiger partial charge in [-0.2, -0.15) is 5.10 Å². The van der Waals surface area contributed by atoms with Crippen molar-refractivity contribution in [1.82, 2.24) is 20.1 Å². The molecule has 15 heavy (non-hydrogen) atoms. The molecule has 0 bridgehead atoms. The number of aromatic nitrogens is 3. The van der Waals surface area contributed by atoms with Crippen LogP contribution >= 0.6 is 11.3 Å². The zero-order chi connectivity index (χ0) is 10.5. The van der Waals surface area contributed by atoms with Gasteiger partial charge < -0.3 is 5.32 Å². The zero-order valence-electron chi connectivity index (χ0n) is 8.26. The lowest BCUT2D eigenvalue weighted by Gasteiger charge is -1.98. The van der Waals surface area contributed by atoms with Gasteiger partial charge in [0.1, 0.15) is 0 Å². The maximum Gasteiger partial charge on any atom is 0.0794 e. The minimum absolute atomic E-state index is 0.811. The molecule has 2 aromatic rings. The average molecular weight is 220 g/mol. The van der Waals surface area contributed by atoms with Gasteiger partial charge in [0, 0.05) is 42.1 Å². The minimum Gasteiger partial charge on any atom is -0.308 e. The van der Waals surface area contributed by atoms with Crippen LogP contribution in [-0.2, 0) is 13.1 Å². The standard InChI is InChI=1S/C10H12N4S/c1-2-14-7-9(4-13-14)3-11-5-10-6-12-8-15-10/h2,4,6-8,11H,1,3,5H2. The highest BCUT2D eigenvalue weighted by atomic mass is 32.1. The Hall–Kier alpha value is -1.46.